The molecular formula is C21H19N3O4S. The van der Waals surface area contributed by atoms with Gasteiger partial charge < -0.3 is 20.1 Å². The van der Waals surface area contributed by atoms with Gasteiger partial charge in [-0.15, -0.1) is 11.3 Å². The number of nitrogens with zero attached hydrogens (tertiary/aromatic N) is 1. The molecule has 148 valence electrons. The zero-order valence-electron chi connectivity index (χ0n) is 15.7. The Bertz CT molecular complexity index is 1050. The Morgan fingerprint density at radius 3 is 2.69 bits per heavy atom. The van der Waals surface area contributed by atoms with Crippen molar-refractivity contribution in [2.45, 2.75) is 13.3 Å². The van der Waals surface area contributed by atoms with Gasteiger partial charge in [-0.1, -0.05) is 31.2 Å². The van der Waals surface area contributed by atoms with Gasteiger partial charge in [-0.3, -0.25) is 9.59 Å². The molecule has 0 aliphatic carbocycles. The molecule has 0 saturated heterocycles. The second-order valence-electron chi connectivity index (χ2n) is 6.39. The number of ether oxygens (including phenoxy) is 2. The van der Waals surface area contributed by atoms with Crippen LogP contribution < -0.4 is 20.1 Å². The van der Waals surface area contributed by atoms with Gasteiger partial charge in [0.15, 0.2) is 16.6 Å². The molecule has 2 aromatic carbocycles. The minimum atomic E-state index is -0.366. The molecule has 2 heterocycles. The van der Waals surface area contributed by atoms with Crippen molar-refractivity contribution in [3.8, 4) is 22.8 Å². The number of carbonyl (C=O) groups excluding carboxylic acids is 2. The predicted octanol–water partition coefficient (Wildman–Crippen LogP) is 3.47. The van der Waals surface area contributed by atoms with Crippen LogP contribution in [0.5, 0.6) is 11.5 Å². The van der Waals surface area contributed by atoms with Crippen LogP contribution in [-0.2, 0) is 11.2 Å². The predicted molar refractivity (Wildman–Crippen MR) is 110 cm³/mol. The van der Waals surface area contributed by atoms with Crippen LogP contribution in [-0.4, -0.2) is 30.1 Å². The second-order valence-corrected chi connectivity index (χ2v) is 7.25. The molecule has 1 aliphatic heterocycles. The van der Waals surface area contributed by atoms with Gasteiger partial charge in [0.2, 0.25) is 12.7 Å². The Labute approximate surface area is 171 Å². The summed E-state index contributed by atoms with van der Waals surface area (Å²) in [5.41, 5.74) is 3.46. The lowest BCUT2D eigenvalue weighted by Crippen LogP contribution is -2.32. The van der Waals surface area contributed by atoms with E-state index < -0.39 is 0 Å². The first-order valence-electron chi connectivity index (χ1n) is 9.15. The summed E-state index contributed by atoms with van der Waals surface area (Å²) in [6.45, 7) is 2.09. The Balaban J connectivity index is 1.31. The second kappa shape index (κ2) is 8.32. The third-order valence-electron chi connectivity index (χ3n) is 4.45. The van der Waals surface area contributed by atoms with Gasteiger partial charge in [-0.05, 0) is 30.2 Å². The molecular weight excluding hydrogens is 390 g/mol. The van der Waals surface area contributed by atoms with Crippen molar-refractivity contribution in [1.82, 2.24) is 10.3 Å². The molecule has 1 aliphatic rings. The van der Waals surface area contributed by atoms with Gasteiger partial charge in [-0.2, -0.15) is 0 Å². The highest BCUT2D eigenvalue weighted by Gasteiger charge is 2.17. The fourth-order valence-corrected chi connectivity index (χ4v) is 3.57. The number of aromatic nitrogens is 1. The number of amides is 2. The zero-order valence-corrected chi connectivity index (χ0v) is 16.5. The molecule has 0 atom stereocenters. The number of rotatable bonds is 6. The lowest BCUT2D eigenvalue weighted by atomic mass is 10.1. The summed E-state index contributed by atoms with van der Waals surface area (Å²) in [5, 5.41) is 7.68. The number of nitrogens with one attached hydrogen (secondary N) is 2. The van der Waals surface area contributed by atoms with Crippen molar-refractivity contribution in [3.63, 3.8) is 0 Å². The summed E-state index contributed by atoms with van der Waals surface area (Å²) >= 11 is 1.34. The Morgan fingerprint density at radius 1 is 1.10 bits per heavy atom. The average Bonchev–Trinajstić information content (AvgIpc) is 3.41. The van der Waals surface area contributed by atoms with Crippen molar-refractivity contribution < 1.29 is 19.1 Å². The first kappa shape index (κ1) is 18.9. The summed E-state index contributed by atoms with van der Waals surface area (Å²) in [7, 11) is 0. The molecule has 1 aromatic heterocycles. The zero-order chi connectivity index (χ0) is 20.2. The van der Waals surface area contributed by atoms with Crippen molar-refractivity contribution >= 4 is 28.3 Å². The fourth-order valence-electron chi connectivity index (χ4n) is 2.84. The molecule has 0 spiro atoms. The van der Waals surface area contributed by atoms with Gasteiger partial charge in [0.25, 0.3) is 5.91 Å². The van der Waals surface area contributed by atoms with E-state index in [1.54, 1.807) is 18.2 Å². The molecule has 0 radical (unpaired) electrons. The minimum absolute atomic E-state index is 0.140. The van der Waals surface area contributed by atoms with Crippen LogP contribution in [0.1, 0.15) is 22.8 Å². The van der Waals surface area contributed by atoms with E-state index in [0.29, 0.717) is 22.2 Å². The van der Waals surface area contributed by atoms with Crippen molar-refractivity contribution in [2.75, 3.05) is 18.7 Å². The van der Waals surface area contributed by atoms with E-state index in [4.69, 9.17) is 9.47 Å². The maximum Gasteiger partial charge on any atom is 0.251 e. The smallest absolute Gasteiger partial charge is 0.251 e. The van der Waals surface area contributed by atoms with E-state index in [0.717, 1.165) is 17.7 Å². The molecule has 2 N–H and O–H groups in total. The molecule has 0 bridgehead atoms. The van der Waals surface area contributed by atoms with Crippen molar-refractivity contribution in [3.05, 3.63) is 59.0 Å². The quantitative estimate of drug-likeness (QED) is 0.651. The number of hydrogen-bond donors (Lipinski definition) is 2. The summed E-state index contributed by atoms with van der Waals surface area (Å²) in [4.78, 5) is 28.8. The van der Waals surface area contributed by atoms with E-state index >= 15 is 0 Å². The van der Waals surface area contributed by atoms with E-state index in [1.807, 2.05) is 17.5 Å². The number of anilines is 1. The highest BCUT2D eigenvalue weighted by molar-refractivity contribution is 7.14. The Kier molecular flexibility index (Phi) is 5.44. The lowest BCUT2D eigenvalue weighted by molar-refractivity contribution is -0.115. The lowest BCUT2D eigenvalue weighted by Gasteiger charge is -2.06. The molecule has 0 fully saturated rings. The minimum Gasteiger partial charge on any atom is -0.454 e. The maximum absolute atomic E-state index is 12.2. The number of carbonyl (C=O) groups is 2. The van der Waals surface area contributed by atoms with Crippen LogP contribution in [0.2, 0.25) is 0 Å². The van der Waals surface area contributed by atoms with Crippen LogP contribution >= 0.6 is 11.3 Å². The topological polar surface area (TPSA) is 89.6 Å². The molecule has 29 heavy (non-hydrogen) atoms. The van der Waals surface area contributed by atoms with Crippen LogP contribution in [0, 0.1) is 0 Å². The fraction of sp³-hybridized carbons (Fsp3) is 0.190. The van der Waals surface area contributed by atoms with Gasteiger partial charge in [-0.25, -0.2) is 4.98 Å². The van der Waals surface area contributed by atoms with E-state index in [9.17, 15) is 9.59 Å². The summed E-state index contributed by atoms with van der Waals surface area (Å²) in [6, 6.07) is 13.1. The van der Waals surface area contributed by atoms with E-state index in [2.05, 4.69) is 34.7 Å². The number of benzene rings is 2. The normalized spacial score (nSPS) is 11.9. The average molecular weight is 409 g/mol. The monoisotopic (exact) mass is 409 g/mol. The third kappa shape index (κ3) is 4.38. The van der Waals surface area contributed by atoms with E-state index in [1.165, 1.54) is 16.9 Å². The molecule has 7 nitrogen and oxygen atoms in total. The highest BCUT2D eigenvalue weighted by Crippen LogP contribution is 2.32. The summed E-state index contributed by atoms with van der Waals surface area (Å²) in [6.07, 6.45) is 0.983. The first-order chi connectivity index (χ1) is 14.1. The van der Waals surface area contributed by atoms with Gasteiger partial charge in [0.1, 0.15) is 0 Å². The first-order valence-corrected chi connectivity index (χ1v) is 10.0. The van der Waals surface area contributed by atoms with Crippen molar-refractivity contribution in [2.24, 2.45) is 0 Å². The van der Waals surface area contributed by atoms with Crippen LogP contribution in [0.3, 0.4) is 0 Å². The number of aryl methyl sites for hydroxylation is 1. The van der Waals surface area contributed by atoms with E-state index in [-0.39, 0.29) is 25.2 Å². The molecule has 2 amide bonds. The number of fused-ring (bicyclic) bond motifs is 1. The third-order valence-corrected chi connectivity index (χ3v) is 5.21. The van der Waals surface area contributed by atoms with Crippen LogP contribution in [0.15, 0.2) is 47.8 Å². The Morgan fingerprint density at radius 2 is 1.90 bits per heavy atom. The summed E-state index contributed by atoms with van der Waals surface area (Å²) < 4.78 is 10.5. The molecule has 0 saturated carbocycles. The largest absolute Gasteiger partial charge is 0.454 e. The number of hydrogen-bond acceptors (Lipinski definition) is 6. The van der Waals surface area contributed by atoms with Crippen molar-refractivity contribution in [1.29, 1.82) is 0 Å². The summed E-state index contributed by atoms with van der Waals surface area (Å²) in [5.74, 6) is 0.406. The van der Waals surface area contributed by atoms with Gasteiger partial charge >= 0.3 is 0 Å². The molecule has 4 rings (SSSR count). The highest BCUT2D eigenvalue weighted by atomic mass is 32.1. The number of thiazole rings is 1. The molecule has 0 unspecified atom stereocenters. The Hall–Kier alpha value is -3.39. The van der Waals surface area contributed by atoms with Gasteiger partial charge in [0, 0.05) is 16.5 Å². The van der Waals surface area contributed by atoms with Crippen LogP contribution in [0.25, 0.3) is 11.3 Å². The maximum atomic E-state index is 12.2. The van der Waals surface area contributed by atoms with Gasteiger partial charge in [0.05, 0.1) is 12.2 Å². The molecule has 8 heteroatoms. The standard InChI is InChI=1S/C21H19N3O4S/c1-2-13-3-5-14(6-4-13)16-11-29-21(23-16)24-19(25)10-22-20(26)15-7-8-17-18(9-15)28-12-27-17/h3-9,11H,2,10,12H2,1H3,(H,22,26)(H,23,24,25). The molecule has 3 aromatic rings. The SMILES string of the molecule is CCc1ccc(-c2csc(NC(=O)CNC(=O)c3ccc4c(c3)OCO4)n2)cc1. The van der Waals surface area contributed by atoms with Crippen LogP contribution in [0.4, 0.5) is 5.13 Å².